The van der Waals surface area contributed by atoms with Crippen molar-refractivity contribution >= 4 is 27.5 Å². The number of anilines is 1. The minimum absolute atomic E-state index is 0.0511. The number of phenolic OH excluding ortho intramolecular Hbond substituents is 1. The third-order valence-electron chi connectivity index (χ3n) is 11.5. The SMILES string of the molecule is C#Cc1c(F)ccc2cc(O)cc(-c3c(F)c4c5c(nc(OC[C@@]67CCCN6C[C@H](F)C7)nc5c3F)N3C[C@H]5CCC(N5)[C@H]3CCC4)c12. The van der Waals surface area contributed by atoms with Crippen molar-refractivity contribution in [2.45, 2.75) is 81.2 Å². The van der Waals surface area contributed by atoms with Crippen LogP contribution in [0.4, 0.5) is 23.4 Å². The van der Waals surface area contributed by atoms with Gasteiger partial charge in [0.25, 0.3) is 0 Å². The monoisotopic (exact) mass is 657 g/mol. The molecule has 3 aromatic carbocycles. The molecule has 7 nitrogen and oxygen atoms in total. The van der Waals surface area contributed by atoms with Crippen LogP contribution in [0.3, 0.4) is 0 Å². The second kappa shape index (κ2) is 10.9. The number of alkyl halides is 1. The van der Waals surface area contributed by atoms with Crippen molar-refractivity contribution in [2.75, 3.05) is 31.1 Å². The van der Waals surface area contributed by atoms with Crippen LogP contribution >= 0.6 is 0 Å². The van der Waals surface area contributed by atoms with E-state index in [-0.39, 0.29) is 64.1 Å². The molecule has 1 aromatic heterocycles. The number of hydrogen-bond donors (Lipinski definition) is 2. The van der Waals surface area contributed by atoms with E-state index >= 15 is 13.2 Å². The third-order valence-corrected chi connectivity index (χ3v) is 11.5. The molecule has 5 aliphatic rings. The van der Waals surface area contributed by atoms with E-state index in [1.54, 1.807) is 0 Å². The normalized spacial score (nSPS) is 27.9. The molecule has 6 heterocycles. The lowest BCUT2D eigenvalue weighted by Crippen LogP contribution is -2.58. The van der Waals surface area contributed by atoms with Gasteiger partial charge in [0, 0.05) is 54.1 Å². The lowest BCUT2D eigenvalue weighted by Gasteiger charge is -2.43. The van der Waals surface area contributed by atoms with Gasteiger partial charge in [0.15, 0.2) is 5.82 Å². The molecular weight excluding hydrogens is 622 g/mol. The van der Waals surface area contributed by atoms with Gasteiger partial charge in [-0.1, -0.05) is 12.0 Å². The predicted octanol–water partition coefficient (Wildman–Crippen LogP) is 6.15. The molecule has 4 aromatic rings. The minimum Gasteiger partial charge on any atom is -0.508 e. The number of phenols is 1. The van der Waals surface area contributed by atoms with E-state index in [0.29, 0.717) is 48.9 Å². The van der Waals surface area contributed by atoms with Gasteiger partial charge < -0.3 is 20.1 Å². The van der Waals surface area contributed by atoms with E-state index < -0.39 is 34.7 Å². The number of nitrogens with zero attached hydrogens (tertiary/aromatic N) is 4. The van der Waals surface area contributed by atoms with Crippen molar-refractivity contribution in [2.24, 2.45) is 0 Å². The molecule has 1 unspecified atom stereocenters. The molecule has 5 atom stereocenters. The topological polar surface area (TPSA) is 73.8 Å². The Bertz CT molecular complexity index is 2050. The Morgan fingerprint density at radius 1 is 1.06 bits per heavy atom. The van der Waals surface area contributed by atoms with Crippen LogP contribution in [0, 0.1) is 29.8 Å². The third kappa shape index (κ3) is 4.41. The van der Waals surface area contributed by atoms with Gasteiger partial charge in [-0.15, -0.1) is 6.42 Å². The van der Waals surface area contributed by atoms with Crippen LogP contribution in [0.2, 0.25) is 0 Å². The number of halogens is 4. The van der Waals surface area contributed by atoms with Crippen LogP contribution in [0.1, 0.15) is 56.1 Å². The van der Waals surface area contributed by atoms with Crippen molar-refractivity contribution in [3.05, 3.63) is 52.8 Å². The van der Waals surface area contributed by atoms with E-state index in [9.17, 15) is 9.50 Å². The number of hydrogen-bond acceptors (Lipinski definition) is 7. The molecule has 0 saturated carbocycles. The van der Waals surface area contributed by atoms with E-state index in [4.69, 9.17) is 16.1 Å². The highest BCUT2D eigenvalue weighted by Crippen LogP contribution is 2.46. The molecule has 4 fully saturated rings. The minimum atomic E-state index is -0.973. The zero-order valence-corrected chi connectivity index (χ0v) is 26.3. The summed E-state index contributed by atoms with van der Waals surface area (Å²) in [6.07, 6.45) is 10.6. The van der Waals surface area contributed by atoms with E-state index in [2.05, 4.69) is 26.0 Å². The summed E-state index contributed by atoms with van der Waals surface area (Å²) in [7, 11) is 0. The van der Waals surface area contributed by atoms with Crippen molar-refractivity contribution in [1.82, 2.24) is 20.2 Å². The Morgan fingerprint density at radius 2 is 1.94 bits per heavy atom. The lowest BCUT2D eigenvalue weighted by atomic mass is 9.87. The molecule has 0 radical (unpaired) electrons. The number of aromatic nitrogens is 2. The quantitative estimate of drug-likeness (QED) is 0.201. The number of rotatable bonds is 4. The van der Waals surface area contributed by atoms with Crippen LogP contribution in [0.15, 0.2) is 24.3 Å². The van der Waals surface area contributed by atoms with Gasteiger partial charge in [0.2, 0.25) is 0 Å². The average Bonchev–Trinajstić information content (AvgIpc) is 3.73. The van der Waals surface area contributed by atoms with Crippen molar-refractivity contribution in [3.63, 3.8) is 0 Å². The molecule has 2 N–H and O–H groups in total. The first kappa shape index (κ1) is 30.0. The van der Waals surface area contributed by atoms with Gasteiger partial charge in [-0.3, -0.25) is 4.90 Å². The van der Waals surface area contributed by atoms with Crippen LogP contribution in [0.5, 0.6) is 11.8 Å². The molecule has 0 spiro atoms. The number of fused-ring (bicyclic) bond motifs is 7. The molecule has 2 bridgehead atoms. The fraction of sp³-hybridized carbons (Fsp3) is 0.459. The van der Waals surface area contributed by atoms with Gasteiger partial charge in [-0.2, -0.15) is 9.97 Å². The van der Waals surface area contributed by atoms with Crippen LogP contribution in [-0.2, 0) is 6.42 Å². The maximum Gasteiger partial charge on any atom is 0.319 e. The maximum atomic E-state index is 17.2. The number of aromatic hydroxyl groups is 1. The van der Waals surface area contributed by atoms with Crippen LogP contribution < -0.4 is 15.0 Å². The van der Waals surface area contributed by atoms with Gasteiger partial charge in [-0.05, 0) is 75.1 Å². The van der Waals surface area contributed by atoms with E-state index in [0.717, 1.165) is 38.6 Å². The fourth-order valence-electron chi connectivity index (χ4n) is 9.47. The summed E-state index contributed by atoms with van der Waals surface area (Å²) in [5.41, 5.74) is -0.983. The first-order chi connectivity index (χ1) is 23.2. The Labute approximate surface area is 275 Å². The molecule has 11 heteroatoms. The summed E-state index contributed by atoms with van der Waals surface area (Å²) in [4.78, 5) is 13.8. The van der Waals surface area contributed by atoms with E-state index in [1.165, 1.54) is 24.3 Å². The average molecular weight is 658 g/mol. The highest BCUT2D eigenvalue weighted by molar-refractivity contribution is 6.05. The highest BCUT2D eigenvalue weighted by Gasteiger charge is 2.50. The number of aryl methyl sites for hydroxylation is 1. The van der Waals surface area contributed by atoms with Gasteiger partial charge >= 0.3 is 6.01 Å². The summed E-state index contributed by atoms with van der Waals surface area (Å²) < 4.78 is 70.2. The summed E-state index contributed by atoms with van der Waals surface area (Å²) in [5.74, 6) is 0.0311. The Balaban J connectivity index is 1.28. The van der Waals surface area contributed by atoms with Gasteiger partial charge in [0.1, 0.15) is 41.5 Å². The molecule has 9 rings (SSSR count). The van der Waals surface area contributed by atoms with E-state index in [1.807, 2.05) is 0 Å². The number of piperazine rings is 1. The zero-order valence-electron chi connectivity index (χ0n) is 26.3. The molecule has 4 saturated heterocycles. The van der Waals surface area contributed by atoms with Gasteiger partial charge in [-0.25, -0.2) is 17.6 Å². The summed E-state index contributed by atoms with van der Waals surface area (Å²) in [6, 6.07) is 5.68. The van der Waals surface area contributed by atoms with Gasteiger partial charge in [0.05, 0.1) is 22.1 Å². The standard InChI is InChI=1S/C37H35F4N5O2/c1-2-23-26(39)9-7-19-13-22(47)14-25(29(19)23)30-32(40)24-5-3-6-28-27-10-8-21(42-27)17-46(28)35-31(24)34(33(30)41)43-36(44-35)48-18-37-11-4-12-45(37)16-20(38)15-37/h1,7,9,13-14,20-21,27-28,42,47H,3-6,8,10-12,15-18H2/t20-,21-,27?,28-,37+/m1/s1. The van der Waals surface area contributed by atoms with Crippen LogP contribution in [-0.4, -0.2) is 76.1 Å². The molecule has 0 aliphatic carbocycles. The Kier molecular flexibility index (Phi) is 6.83. The summed E-state index contributed by atoms with van der Waals surface area (Å²) >= 11 is 0. The second-order valence-corrected chi connectivity index (χ2v) is 14.2. The molecule has 5 aliphatic heterocycles. The number of ether oxygens (including phenoxy) is 1. The summed E-state index contributed by atoms with van der Waals surface area (Å²) in [6.45, 7) is 1.92. The first-order valence-corrected chi connectivity index (χ1v) is 16.9. The smallest absolute Gasteiger partial charge is 0.319 e. The molecule has 0 amide bonds. The Hall–Kier alpha value is -4.14. The summed E-state index contributed by atoms with van der Waals surface area (Å²) in [5, 5.41) is 15.2. The first-order valence-electron chi connectivity index (χ1n) is 16.9. The number of terminal acetylenes is 1. The Morgan fingerprint density at radius 3 is 2.79 bits per heavy atom. The molecular formula is C37H35F4N5O2. The van der Waals surface area contributed by atoms with Crippen molar-refractivity contribution < 1.29 is 27.4 Å². The zero-order chi connectivity index (χ0) is 32.9. The molecule has 48 heavy (non-hydrogen) atoms. The van der Waals surface area contributed by atoms with Crippen LogP contribution in [0.25, 0.3) is 32.8 Å². The number of benzene rings is 3. The second-order valence-electron chi connectivity index (χ2n) is 14.2. The fourth-order valence-corrected chi connectivity index (χ4v) is 9.47. The van der Waals surface area contributed by atoms with Crippen molar-refractivity contribution in [1.29, 1.82) is 0 Å². The molecule has 248 valence electrons. The number of nitrogens with one attached hydrogen (secondary N) is 1. The van der Waals surface area contributed by atoms with Crippen molar-refractivity contribution in [3.8, 4) is 35.2 Å². The predicted molar refractivity (Wildman–Crippen MR) is 175 cm³/mol. The maximum absolute atomic E-state index is 17.2. The largest absolute Gasteiger partial charge is 0.508 e. The lowest BCUT2D eigenvalue weighted by molar-refractivity contribution is 0.107. The highest BCUT2D eigenvalue weighted by atomic mass is 19.1.